The van der Waals surface area contributed by atoms with Crippen molar-refractivity contribution in [1.82, 2.24) is 9.88 Å². The third-order valence-electron chi connectivity index (χ3n) is 5.88. The van der Waals surface area contributed by atoms with Crippen LogP contribution in [0.3, 0.4) is 0 Å². The number of ether oxygens (including phenoxy) is 1. The molecule has 4 rings (SSSR count). The Morgan fingerprint density at radius 3 is 2.62 bits per heavy atom. The number of hydrogen-bond donors (Lipinski definition) is 1. The summed E-state index contributed by atoms with van der Waals surface area (Å²) >= 11 is 0. The average molecular weight is 485 g/mol. The van der Waals surface area contributed by atoms with Crippen LogP contribution in [0.2, 0.25) is 0 Å². The Balaban J connectivity index is 0.00000324. The SMILES string of the molecule is Cc1oc(-c2ccccc2)nc1CCOc1ccc2c(c1)C(C(=O)O)N(CC(C)(C)C)CC2.Cl. The molecule has 34 heavy (non-hydrogen) atoms. The fourth-order valence-corrected chi connectivity index (χ4v) is 4.43. The molecule has 6 nitrogen and oxygen atoms in total. The molecule has 0 amide bonds. The highest BCUT2D eigenvalue weighted by Crippen LogP contribution is 2.35. The highest BCUT2D eigenvalue weighted by molar-refractivity contribution is 5.85. The van der Waals surface area contributed by atoms with Crippen LogP contribution in [0.25, 0.3) is 11.5 Å². The second kappa shape index (κ2) is 10.6. The summed E-state index contributed by atoms with van der Waals surface area (Å²) in [5.41, 5.74) is 3.75. The zero-order chi connectivity index (χ0) is 23.6. The minimum atomic E-state index is -0.816. The van der Waals surface area contributed by atoms with Gasteiger partial charge in [0.15, 0.2) is 0 Å². The minimum absolute atomic E-state index is 0. The van der Waals surface area contributed by atoms with Crippen molar-refractivity contribution in [3.8, 4) is 17.2 Å². The summed E-state index contributed by atoms with van der Waals surface area (Å²) in [7, 11) is 0. The van der Waals surface area contributed by atoms with E-state index < -0.39 is 12.0 Å². The Kier molecular flexibility index (Phi) is 8.05. The lowest BCUT2D eigenvalue weighted by Crippen LogP contribution is -2.43. The molecule has 1 unspecified atom stereocenters. The minimum Gasteiger partial charge on any atom is -0.493 e. The summed E-state index contributed by atoms with van der Waals surface area (Å²) in [4.78, 5) is 18.9. The van der Waals surface area contributed by atoms with Gasteiger partial charge in [0.2, 0.25) is 5.89 Å². The van der Waals surface area contributed by atoms with Gasteiger partial charge in [-0.3, -0.25) is 9.69 Å². The topological polar surface area (TPSA) is 75.8 Å². The predicted octanol–water partition coefficient (Wildman–Crippen LogP) is 5.72. The molecule has 7 heteroatoms. The third kappa shape index (κ3) is 5.99. The zero-order valence-electron chi connectivity index (χ0n) is 20.2. The molecular formula is C27H33ClN2O4. The lowest BCUT2D eigenvalue weighted by atomic mass is 9.88. The molecule has 0 saturated heterocycles. The van der Waals surface area contributed by atoms with Crippen LogP contribution in [-0.2, 0) is 17.6 Å². The number of hydrogen-bond acceptors (Lipinski definition) is 5. The van der Waals surface area contributed by atoms with Crippen LogP contribution in [-0.4, -0.2) is 40.7 Å². The van der Waals surface area contributed by atoms with Gasteiger partial charge in [-0.05, 0) is 54.2 Å². The highest BCUT2D eigenvalue weighted by atomic mass is 35.5. The van der Waals surface area contributed by atoms with Crippen molar-refractivity contribution in [3.05, 3.63) is 71.1 Å². The third-order valence-corrected chi connectivity index (χ3v) is 5.88. The molecule has 182 valence electrons. The molecule has 0 saturated carbocycles. The molecule has 1 aliphatic rings. The fourth-order valence-electron chi connectivity index (χ4n) is 4.43. The van der Waals surface area contributed by atoms with Gasteiger partial charge in [0, 0.05) is 25.1 Å². The molecule has 1 aromatic heterocycles. The summed E-state index contributed by atoms with van der Waals surface area (Å²) < 4.78 is 11.8. The number of carboxylic acid groups (broad SMARTS) is 1. The first-order valence-corrected chi connectivity index (χ1v) is 11.5. The molecule has 0 bridgehead atoms. The van der Waals surface area contributed by atoms with E-state index >= 15 is 0 Å². The summed E-state index contributed by atoms with van der Waals surface area (Å²) in [6, 6.07) is 15.0. The molecular weight excluding hydrogens is 452 g/mol. The quantitative estimate of drug-likeness (QED) is 0.462. The van der Waals surface area contributed by atoms with Gasteiger partial charge in [0.1, 0.15) is 17.6 Å². The van der Waals surface area contributed by atoms with Gasteiger partial charge in [-0.25, -0.2) is 4.98 Å². The Morgan fingerprint density at radius 2 is 1.94 bits per heavy atom. The summed E-state index contributed by atoms with van der Waals surface area (Å²) in [6.07, 6.45) is 1.45. The number of aryl methyl sites for hydroxylation is 1. The van der Waals surface area contributed by atoms with E-state index in [1.807, 2.05) is 55.5 Å². The van der Waals surface area contributed by atoms with Crippen molar-refractivity contribution in [2.24, 2.45) is 5.41 Å². The van der Waals surface area contributed by atoms with Crippen LogP contribution in [0, 0.1) is 12.3 Å². The van der Waals surface area contributed by atoms with Crippen LogP contribution in [0.15, 0.2) is 52.9 Å². The predicted molar refractivity (Wildman–Crippen MR) is 135 cm³/mol. The van der Waals surface area contributed by atoms with E-state index in [1.165, 1.54) is 0 Å². The van der Waals surface area contributed by atoms with E-state index in [9.17, 15) is 9.90 Å². The lowest BCUT2D eigenvalue weighted by Gasteiger charge is -2.38. The Hall–Kier alpha value is -2.83. The smallest absolute Gasteiger partial charge is 0.325 e. The number of halogens is 1. The highest BCUT2D eigenvalue weighted by Gasteiger charge is 2.35. The molecule has 0 radical (unpaired) electrons. The van der Waals surface area contributed by atoms with Gasteiger partial charge in [-0.2, -0.15) is 0 Å². The molecule has 1 aliphatic heterocycles. The first-order chi connectivity index (χ1) is 15.7. The van der Waals surface area contributed by atoms with Gasteiger partial charge in [-0.1, -0.05) is 45.0 Å². The maximum absolute atomic E-state index is 12.2. The number of carbonyl (C=O) groups is 1. The number of fused-ring (bicyclic) bond motifs is 1. The van der Waals surface area contributed by atoms with Crippen LogP contribution in [0.5, 0.6) is 5.75 Å². The number of benzene rings is 2. The monoisotopic (exact) mass is 484 g/mol. The second-order valence-electron chi connectivity index (χ2n) is 9.87. The van der Waals surface area contributed by atoms with Crippen LogP contribution in [0.4, 0.5) is 0 Å². The lowest BCUT2D eigenvalue weighted by molar-refractivity contribution is -0.144. The Morgan fingerprint density at radius 1 is 1.21 bits per heavy atom. The van der Waals surface area contributed by atoms with Crippen LogP contribution in [0.1, 0.15) is 49.4 Å². The first kappa shape index (κ1) is 25.8. The normalized spacial score (nSPS) is 15.9. The van der Waals surface area contributed by atoms with Crippen molar-refractivity contribution in [2.45, 2.75) is 46.6 Å². The van der Waals surface area contributed by atoms with Gasteiger partial charge in [0.25, 0.3) is 0 Å². The number of nitrogens with zero attached hydrogens (tertiary/aromatic N) is 2. The number of carboxylic acids is 1. The van der Waals surface area contributed by atoms with Crippen molar-refractivity contribution >= 4 is 18.4 Å². The van der Waals surface area contributed by atoms with Crippen molar-refractivity contribution in [3.63, 3.8) is 0 Å². The molecule has 1 N–H and O–H groups in total. The molecule has 2 aromatic carbocycles. The van der Waals surface area contributed by atoms with Gasteiger partial charge in [0.05, 0.1) is 12.3 Å². The first-order valence-electron chi connectivity index (χ1n) is 11.5. The maximum Gasteiger partial charge on any atom is 0.325 e. The molecule has 0 aliphatic carbocycles. The number of rotatable bonds is 7. The summed E-state index contributed by atoms with van der Waals surface area (Å²) in [5, 5.41) is 9.99. The average Bonchev–Trinajstić information content (AvgIpc) is 3.13. The van der Waals surface area contributed by atoms with Crippen molar-refractivity contribution < 1.29 is 19.1 Å². The van der Waals surface area contributed by atoms with Crippen LogP contribution >= 0.6 is 12.4 Å². The number of oxazole rings is 1. The van der Waals surface area contributed by atoms with E-state index in [1.54, 1.807) is 0 Å². The molecule has 1 atom stereocenters. The van der Waals surface area contributed by atoms with Gasteiger partial charge >= 0.3 is 5.97 Å². The van der Waals surface area contributed by atoms with Gasteiger partial charge < -0.3 is 14.3 Å². The molecule has 0 fully saturated rings. The zero-order valence-corrected chi connectivity index (χ0v) is 21.0. The summed E-state index contributed by atoms with van der Waals surface area (Å²) in [6.45, 7) is 10.2. The van der Waals surface area contributed by atoms with E-state index in [0.29, 0.717) is 24.7 Å². The van der Waals surface area contributed by atoms with E-state index in [4.69, 9.17) is 9.15 Å². The maximum atomic E-state index is 12.2. The standard InChI is InChI=1S/C27H32N2O4.ClH/c1-18-23(28-25(33-18)20-8-6-5-7-9-20)13-15-32-21-11-10-19-12-14-29(17-27(2,3)4)24(26(30)31)22(19)16-21;/h5-11,16,24H,12-15,17H2,1-4H3,(H,30,31);1H. The van der Waals surface area contributed by atoms with Crippen LogP contribution < -0.4 is 4.74 Å². The van der Waals surface area contributed by atoms with E-state index in [0.717, 1.165) is 47.7 Å². The van der Waals surface area contributed by atoms with Crippen molar-refractivity contribution in [1.29, 1.82) is 0 Å². The van der Waals surface area contributed by atoms with Gasteiger partial charge in [-0.15, -0.1) is 12.4 Å². The van der Waals surface area contributed by atoms with E-state index in [-0.39, 0.29) is 17.8 Å². The summed E-state index contributed by atoms with van der Waals surface area (Å²) in [5.74, 6) is 1.26. The largest absolute Gasteiger partial charge is 0.493 e. The molecule has 3 aromatic rings. The number of aromatic nitrogens is 1. The Bertz CT molecular complexity index is 1120. The fraction of sp³-hybridized carbons (Fsp3) is 0.407. The Labute approximate surface area is 207 Å². The second-order valence-corrected chi connectivity index (χ2v) is 9.87. The van der Waals surface area contributed by atoms with E-state index in [2.05, 4.69) is 30.7 Å². The molecule has 0 spiro atoms. The molecule has 2 heterocycles. The number of aliphatic carboxylic acids is 1. The van der Waals surface area contributed by atoms with Crippen molar-refractivity contribution in [2.75, 3.05) is 19.7 Å².